The van der Waals surface area contributed by atoms with E-state index in [9.17, 15) is 5.11 Å². The number of benzene rings is 1. The highest BCUT2D eigenvalue weighted by Crippen LogP contribution is 2.36. The Labute approximate surface area is 164 Å². The molecular weight excluding hydrogens is 332 g/mol. The zero-order valence-electron chi connectivity index (χ0n) is 17.3. The van der Waals surface area contributed by atoms with Crippen LogP contribution in [0.5, 0.6) is 0 Å². The minimum Gasteiger partial charge on any atom is -0.390 e. The third kappa shape index (κ3) is 3.82. The van der Waals surface area contributed by atoms with Gasteiger partial charge in [-0.2, -0.15) is 0 Å². The van der Waals surface area contributed by atoms with Gasteiger partial charge in [0.05, 0.1) is 6.61 Å². The first-order valence-corrected chi connectivity index (χ1v) is 11.0. The highest BCUT2D eigenvalue weighted by Gasteiger charge is 2.31. The van der Waals surface area contributed by atoms with Gasteiger partial charge in [0, 0.05) is 41.8 Å². The van der Waals surface area contributed by atoms with Gasteiger partial charge in [-0.3, -0.25) is 0 Å². The van der Waals surface area contributed by atoms with Gasteiger partial charge in [0.2, 0.25) is 0 Å². The summed E-state index contributed by atoms with van der Waals surface area (Å²) in [6.07, 6.45) is 8.02. The van der Waals surface area contributed by atoms with E-state index < -0.39 is 0 Å². The van der Waals surface area contributed by atoms with E-state index in [1.807, 2.05) is 0 Å². The number of hydrogen-bond acceptors (Lipinski definition) is 2. The van der Waals surface area contributed by atoms with Crippen LogP contribution in [0.25, 0.3) is 10.9 Å². The van der Waals surface area contributed by atoms with Crippen molar-refractivity contribution >= 4 is 10.9 Å². The molecule has 2 aliphatic rings. The van der Waals surface area contributed by atoms with Crippen molar-refractivity contribution in [2.24, 2.45) is 11.8 Å². The first kappa shape index (κ1) is 19.0. The van der Waals surface area contributed by atoms with Gasteiger partial charge in [0.1, 0.15) is 0 Å². The van der Waals surface area contributed by atoms with Crippen molar-refractivity contribution in [3.05, 3.63) is 35.5 Å². The van der Waals surface area contributed by atoms with E-state index in [4.69, 9.17) is 0 Å². The van der Waals surface area contributed by atoms with Crippen LogP contribution < -0.4 is 0 Å². The first-order valence-electron chi connectivity index (χ1n) is 11.0. The molecule has 2 aromatic rings. The Morgan fingerprint density at radius 1 is 0.963 bits per heavy atom. The van der Waals surface area contributed by atoms with Crippen LogP contribution in [0, 0.1) is 18.8 Å². The van der Waals surface area contributed by atoms with Gasteiger partial charge < -0.3 is 14.6 Å². The Balaban J connectivity index is 1.43. The maximum atomic E-state index is 9.91. The van der Waals surface area contributed by atoms with Crippen LogP contribution in [0.3, 0.4) is 0 Å². The molecule has 1 N–H and O–H groups in total. The fourth-order valence-corrected chi connectivity index (χ4v) is 5.61. The van der Waals surface area contributed by atoms with Crippen molar-refractivity contribution < 1.29 is 5.11 Å². The van der Waals surface area contributed by atoms with E-state index in [2.05, 4.69) is 54.5 Å². The summed E-state index contributed by atoms with van der Waals surface area (Å²) in [6.45, 7) is 9.46. The van der Waals surface area contributed by atoms with Gasteiger partial charge in [-0.1, -0.05) is 25.5 Å². The molecule has 148 valence electrons. The lowest BCUT2D eigenvalue weighted by Gasteiger charge is -2.42. The van der Waals surface area contributed by atoms with Gasteiger partial charge in [-0.05, 0) is 75.5 Å². The van der Waals surface area contributed by atoms with Crippen LogP contribution in [0.1, 0.15) is 69.7 Å². The third-order valence-electron chi connectivity index (χ3n) is 7.30. The summed E-state index contributed by atoms with van der Waals surface area (Å²) in [5.41, 5.74) is 3.66. The Hall–Kier alpha value is -1.32. The van der Waals surface area contributed by atoms with Crippen molar-refractivity contribution in [3.63, 3.8) is 0 Å². The molecule has 0 unspecified atom stereocenters. The predicted molar refractivity (Wildman–Crippen MR) is 113 cm³/mol. The van der Waals surface area contributed by atoms with Crippen molar-refractivity contribution in [2.75, 3.05) is 13.1 Å². The average molecular weight is 369 g/mol. The van der Waals surface area contributed by atoms with Gasteiger partial charge in [-0.15, -0.1) is 0 Å². The largest absolute Gasteiger partial charge is 0.390 e. The minimum absolute atomic E-state index is 0.132. The molecule has 0 radical (unpaired) electrons. The predicted octanol–water partition coefficient (Wildman–Crippen LogP) is 5.29. The van der Waals surface area contributed by atoms with Crippen LogP contribution in [0.4, 0.5) is 0 Å². The molecule has 1 aromatic heterocycles. The fourth-order valence-electron chi connectivity index (χ4n) is 5.61. The molecule has 3 heteroatoms. The maximum absolute atomic E-state index is 9.91. The lowest BCUT2D eigenvalue weighted by molar-refractivity contribution is 0.0882. The molecule has 1 saturated heterocycles. The Morgan fingerprint density at radius 2 is 1.67 bits per heavy atom. The van der Waals surface area contributed by atoms with Crippen molar-refractivity contribution in [1.29, 1.82) is 0 Å². The highest BCUT2D eigenvalue weighted by atomic mass is 16.3. The number of aliphatic hydroxyl groups is 1. The number of aryl methyl sites for hydroxylation is 1. The molecule has 0 amide bonds. The summed E-state index contributed by atoms with van der Waals surface area (Å²) in [7, 11) is 0. The first-order chi connectivity index (χ1) is 13.1. The van der Waals surface area contributed by atoms with Crippen molar-refractivity contribution in [3.8, 4) is 0 Å². The lowest BCUT2D eigenvalue weighted by Crippen LogP contribution is -2.44. The summed E-state index contributed by atoms with van der Waals surface area (Å²) >= 11 is 0. The molecular formula is C24H36N2O. The third-order valence-corrected chi connectivity index (χ3v) is 7.30. The zero-order valence-corrected chi connectivity index (χ0v) is 17.3. The number of rotatable bonds is 4. The summed E-state index contributed by atoms with van der Waals surface area (Å²) in [5.74, 6) is 1.79. The average Bonchev–Trinajstić information content (AvgIpc) is 3.05. The standard InChI is InChI=1S/C24H36N2O/c1-17(2)19-5-7-21(8-6-19)25-12-10-22(11-13-25)26-23(16-27)15-20-14-18(3)4-9-24(20)26/h4,9,14-15,17,19,21-22,27H,5-8,10-13,16H2,1-3H3/t19-,21+. The summed E-state index contributed by atoms with van der Waals surface area (Å²) in [5, 5.41) is 11.2. The van der Waals surface area contributed by atoms with Crippen molar-refractivity contribution in [1.82, 2.24) is 9.47 Å². The highest BCUT2D eigenvalue weighted by molar-refractivity contribution is 5.82. The molecule has 27 heavy (non-hydrogen) atoms. The number of aromatic nitrogens is 1. The summed E-state index contributed by atoms with van der Waals surface area (Å²) in [4.78, 5) is 2.77. The zero-order chi connectivity index (χ0) is 19.0. The van der Waals surface area contributed by atoms with E-state index in [1.54, 1.807) is 0 Å². The summed E-state index contributed by atoms with van der Waals surface area (Å²) in [6, 6.07) is 10.2. The van der Waals surface area contributed by atoms with Crippen LogP contribution in [0.2, 0.25) is 0 Å². The second-order valence-electron chi connectivity index (χ2n) is 9.31. The number of hydrogen-bond donors (Lipinski definition) is 1. The second kappa shape index (κ2) is 7.97. The number of aliphatic hydroxyl groups excluding tert-OH is 1. The molecule has 3 nitrogen and oxygen atoms in total. The van der Waals surface area contributed by atoms with Gasteiger partial charge in [-0.25, -0.2) is 0 Å². The Kier molecular flexibility index (Phi) is 5.61. The topological polar surface area (TPSA) is 28.4 Å². The molecule has 1 saturated carbocycles. The van der Waals surface area contributed by atoms with Crippen LogP contribution in [-0.4, -0.2) is 33.7 Å². The van der Waals surface area contributed by atoms with Crippen molar-refractivity contribution in [2.45, 2.75) is 78.0 Å². The van der Waals surface area contributed by atoms with E-state index in [-0.39, 0.29) is 6.61 Å². The van der Waals surface area contributed by atoms with Gasteiger partial charge >= 0.3 is 0 Å². The second-order valence-corrected chi connectivity index (χ2v) is 9.31. The molecule has 0 spiro atoms. The number of likely N-dealkylation sites (tertiary alicyclic amines) is 1. The monoisotopic (exact) mass is 368 g/mol. The van der Waals surface area contributed by atoms with E-state index in [1.165, 1.54) is 68.1 Å². The number of fused-ring (bicyclic) bond motifs is 1. The molecule has 1 aliphatic heterocycles. The molecule has 1 aromatic carbocycles. The maximum Gasteiger partial charge on any atom is 0.0833 e. The molecule has 2 fully saturated rings. The quantitative estimate of drug-likeness (QED) is 0.794. The van der Waals surface area contributed by atoms with Crippen LogP contribution in [0.15, 0.2) is 24.3 Å². The molecule has 2 heterocycles. The summed E-state index contributed by atoms with van der Waals surface area (Å²) < 4.78 is 2.43. The molecule has 1 aliphatic carbocycles. The Bertz CT molecular complexity index is 762. The molecule has 0 bridgehead atoms. The Morgan fingerprint density at radius 3 is 2.30 bits per heavy atom. The molecule has 0 atom stereocenters. The van der Waals surface area contributed by atoms with E-state index >= 15 is 0 Å². The van der Waals surface area contributed by atoms with Gasteiger partial charge in [0.25, 0.3) is 0 Å². The van der Waals surface area contributed by atoms with Crippen LogP contribution >= 0.6 is 0 Å². The minimum atomic E-state index is 0.132. The van der Waals surface area contributed by atoms with E-state index in [0.29, 0.717) is 6.04 Å². The smallest absolute Gasteiger partial charge is 0.0833 e. The number of piperidine rings is 1. The van der Waals surface area contributed by atoms with E-state index in [0.717, 1.165) is 23.6 Å². The lowest BCUT2D eigenvalue weighted by atomic mass is 9.79. The normalized spacial score (nSPS) is 25.5. The fraction of sp³-hybridized carbons (Fsp3) is 0.667. The van der Waals surface area contributed by atoms with Crippen LogP contribution in [-0.2, 0) is 6.61 Å². The number of nitrogens with zero attached hydrogens (tertiary/aromatic N) is 2. The SMILES string of the molecule is Cc1ccc2c(c1)cc(CO)n2C1CCN([C@H]2CC[C@@H](C(C)C)CC2)CC1. The molecule has 4 rings (SSSR count). The van der Waals surface area contributed by atoms with Gasteiger partial charge in [0.15, 0.2) is 0 Å².